The molecule has 16 heavy (non-hydrogen) atoms. The van der Waals surface area contributed by atoms with E-state index in [0.717, 1.165) is 0 Å². The third kappa shape index (κ3) is 3.85. The summed E-state index contributed by atoms with van der Waals surface area (Å²) in [5.41, 5.74) is 0. The van der Waals surface area contributed by atoms with Gasteiger partial charge in [0, 0.05) is 6.54 Å². The summed E-state index contributed by atoms with van der Waals surface area (Å²) in [5.74, 6) is 0. The number of carbonyl (C=O) groups excluding carboxylic acids is 1. The molecule has 0 bridgehead atoms. The summed E-state index contributed by atoms with van der Waals surface area (Å²) in [7, 11) is -5.88. The zero-order chi connectivity index (χ0) is 13.0. The molecular formula is C6H10F3NO5S. The lowest BCUT2D eigenvalue weighted by atomic mass is 10.4. The van der Waals surface area contributed by atoms with Gasteiger partial charge in [0.15, 0.2) is 0 Å². The summed E-state index contributed by atoms with van der Waals surface area (Å²) in [6.07, 6.45) is -4.51. The van der Waals surface area contributed by atoms with E-state index >= 15 is 0 Å². The van der Waals surface area contributed by atoms with Crippen molar-refractivity contribution in [3.8, 4) is 0 Å². The molecule has 0 aromatic carbocycles. The number of nitrogens with one attached hydrogen (secondary N) is 1. The van der Waals surface area contributed by atoms with E-state index in [9.17, 15) is 26.4 Å². The Labute approximate surface area is 89.5 Å². The fourth-order valence-corrected chi connectivity index (χ4v) is 0.994. The van der Waals surface area contributed by atoms with Gasteiger partial charge >= 0.3 is 21.5 Å². The molecule has 0 aliphatic heterocycles. The molecule has 96 valence electrons. The second-order valence-corrected chi connectivity index (χ2v) is 4.13. The van der Waals surface area contributed by atoms with Gasteiger partial charge in [-0.25, -0.2) is 9.18 Å². The van der Waals surface area contributed by atoms with E-state index < -0.39 is 34.2 Å². The Morgan fingerprint density at radius 2 is 2.06 bits per heavy atom. The van der Waals surface area contributed by atoms with Crippen LogP contribution in [0.5, 0.6) is 0 Å². The Morgan fingerprint density at radius 1 is 1.56 bits per heavy atom. The number of halogens is 3. The minimum absolute atomic E-state index is 0.129. The zero-order valence-corrected chi connectivity index (χ0v) is 8.93. The van der Waals surface area contributed by atoms with Gasteiger partial charge in [0.1, 0.15) is 6.61 Å². The van der Waals surface area contributed by atoms with Crippen molar-refractivity contribution in [3.05, 3.63) is 0 Å². The van der Waals surface area contributed by atoms with Crippen molar-refractivity contribution in [2.45, 2.75) is 18.3 Å². The van der Waals surface area contributed by atoms with Gasteiger partial charge in [-0.15, -0.1) is 0 Å². The Hall–Kier alpha value is -1.03. The summed E-state index contributed by atoms with van der Waals surface area (Å²) in [6.45, 7) is 0.143. The van der Waals surface area contributed by atoms with Crippen LogP contribution in [0.15, 0.2) is 0 Å². The monoisotopic (exact) mass is 265 g/mol. The number of hydrogen-bond acceptors (Lipinski definition) is 4. The molecule has 6 nitrogen and oxygen atoms in total. The number of hydrogen-bond donors (Lipinski definition) is 2. The van der Waals surface area contributed by atoms with E-state index in [4.69, 9.17) is 4.55 Å². The molecule has 0 fully saturated rings. The Morgan fingerprint density at radius 3 is 2.44 bits per heavy atom. The van der Waals surface area contributed by atoms with Gasteiger partial charge in [-0.05, 0) is 6.92 Å². The van der Waals surface area contributed by atoms with Crippen LogP contribution in [0.25, 0.3) is 0 Å². The highest BCUT2D eigenvalue weighted by Gasteiger charge is 2.53. The van der Waals surface area contributed by atoms with Gasteiger partial charge in [-0.2, -0.15) is 17.2 Å². The molecule has 0 aliphatic carbocycles. The van der Waals surface area contributed by atoms with E-state index in [2.05, 4.69) is 4.74 Å². The third-order valence-electron chi connectivity index (χ3n) is 1.39. The smallest absolute Gasteiger partial charge is 0.407 e. The Bertz CT molecular complexity index is 344. The predicted octanol–water partition coefficient (Wildman–Crippen LogP) is 0.551. The van der Waals surface area contributed by atoms with Crippen LogP contribution in [0.2, 0.25) is 0 Å². The van der Waals surface area contributed by atoms with Crippen LogP contribution in [0.1, 0.15) is 6.92 Å². The first kappa shape index (κ1) is 15.0. The highest BCUT2D eigenvalue weighted by molar-refractivity contribution is 7.86. The van der Waals surface area contributed by atoms with Crippen molar-refractivity contribution < 1.29 is 35.7 Å². The van der Waals surface area contributed by atoms with Crippen molar-refractivity contribution in [3.63, 3.8) is 0 Å². The molecule has 0 spiro atoms. The summed E-state index contributed by atoms with van der Waals surface area (Å²) >= 11 is 0. The summed E-state index contributed by atoms with van der Waals surface area (Å²) in [4.78, 5) is 10.6. The maximum Gasteiger partial charge on any atom is 0.407 e. The van der Waals surface area contributed by atoms with Gasteiger partial charge in [-0.1, -0.05) is 0 Å². The quantitative estimate of drug-likeness (QED) is 0.708. The minimum atomic E-state index is -5.88. The predicted molar refractivity (Wildman–Crippen MR) is 46.4 cm³/mol. The van der Waals surface area contributed by atoms with Crippen molar-refractivity contribution in [1.29, 1.82) is 0 Å². The maximum absolute atomic E-state index is 12.7. The fourth-order valence-electron chi connectivity index (χ4n) is 0.603. The van der Waals surface area contributed by atoms with Crippen LogP contribution in [-0.4, -0.2) is 43.6 Å². The first-order valence-corrected chi connectivity index (χ1v) is 5.46. The Balaban J connectivity index is 4.37. The van der Waals surface area contributed by atoms with E-state index in [0.29, 0.717) is 0 Å². The molecule has 0 aliphatic rings. The van der Waals surface area contributed by atoms with Crippen molar-refractivity contribution in [2.24, 2.45) is 0 Å². The van der Waals surface area contributed by atoms with Gasteiger partial charge in [0.25, 0.3) is 0 Å². The molecule has 2 N–H and O–H groups in total. The number of alkyl carbamates (subject to hydrolysis) is 1. The lowest BCUT2D eigenvalue weighted by molar-refractivity contribution is -0.0302. The highest BCUT2D eigenvalue weighted by atomic mass is 32.2. The van der Waals surface area contributed by atoms with Gasteiger partial charge in [-0.3, -0.25) is 4.55 Å². The summed E-state index contributed by atoms with van der Waals surface area (Å²) in [6, 6.07) is 0. The normalized spacial score (nSPS) is 14.3. The van der Waals surface area contributed by atoms with Crippen LogP contribution >= 0.6 is 0 Å². The van der Waals surface area contributed by atoms with E-state index in [1.165, 1.54) is 6.92 Å². The average molecular weight is 265 g/mol. The number of amides is 1. The highest BCUT2D eigenvalue weighted by Crippen LogP contribution is 2.27. The second kappa shape index (κ2) is 5.34. The number of carbonyl (C=O) groups is 1. The number of rotatable bonds is 5. The lowest BCUT2D eigenvalue weighted by Gasteiger charge is -2.17. The molecular weight excluding hydrogens is 255 g/mol. The molecule has 0 aromatic heterocycles. The van der Waals surface area contributed by atoms with Crippen molar-refractivity contribution in [1.82, 2.24) is 5.32 Å². The van der Waals surface area contributed by atoms with Gasteiger partial charge in [0.2, 0.25) is 6.17 Å². The first-order valence-electron chi connectivity index (χ1n) is 4.02. The Kier molecular flexibility index (Phi) is 5.00. The first-order chi connectivity index (χ1) is 7.13. The molecule has 0 heterocycles. The van der Waals surface area contributed by atoms with E-state index in [1.807, 2.05) is 5.32 Å². The number of ether oxygens (including phenoxy) is 1. The number of alkyl halides is 3. The molecule has 1 atom stereocenters. The van der Waals surface area contributed by atoms with Gasteiger partial charge < -0.3 is 10.1 Å². The second-order valence-electron chi connectivity index (χ2n) is 2.63. The topological polar surface area (TPSA) is 92.7 Å². The van der Waals surface area contributed by atoms with Crippen LogP contribution in [0.3, 0.4) is 0 Å². The standard InChI is InChI=1S/C6H10F3NO5S/c1-2-10-5(11)15-3-4(7)6(8,9)16(12,13)14/h4H,2-3H2,1H3,(H,10,11)(H,12,13,14). The molecule has 1 amide bonds. The average Bonchev–Trinajstić information content (AvgIpc) is 2.12. The fraction of sp³-hybridized carbons (Fsp3) is 0.833. The van der Waals surface area contributed by atoms with Crippen molar-refractivity contribution in [2.75, 3.05) is 13.2 Å². The molecule has 0 saturated carbocycles. The molecule has 1 unspecified atom stereocenters. The zero-order valence-electron chi connectivity index (χ0n) is 8.11. The van der Waals surface area contributed by atoms with E-state index in [1.54, 1.807) is 0 Å². The molecule has 0 rings (SSSR count). The van der Waals surface area contributed by atoms with Crippen LogP contribution < -0.4 is 5.32 Å². The van der Waals surface area contributed by atoms with Crippen LogP contribution in [0, 0.1) is 0 Å². The lowest BCUT2D eigenvalue weighted by Crippen LogP contribution is -2.42. The van der Waals surface area contributed by atoms with Crippen LogP contribution in [-0.2, 0) is 14.9 Å². The van der Waals surface area contributed by atoms with E-state index in [-0.39, 0.29) is 6.54 Å². The molecule has 0 saturated heterocycles. The summed E-state index contributed by atoms with van der Waals surface area (Å²) < 4.78 is 69.9. The maximum atomic E-state index is 12.7. The molecule has 0 aromatic rings. The summed E-state index contributed by atoms with van der Waals surface area (Å²) in [5, 5.41) is -3.01. The van der Waals surface area contributed by atoms with Gasteiger partial charge in [0.05, 0.1) is 0 Å². The van der Waals surface area contributed by atoms with Crippen molar-refractivity contribution >= 4 is 16.2 Å². The molecule has 0 radical (unpaired) electrons. The van der Waals surface area contributed by atoms with Crippen LogP contribution in [0.4, 0.5) is 18.0 Å². The third-order valence-corrected chi connectivity index (χ3v) is 2.33. The minimum Gasteiger partial charge on any atom is -0.446 e. The molecule has 10 heteroatoms. The largest absolute Gasteiger partial charge is 0.446 e. The SMILES string of the molecule is CCNC(=O)OCC(F)C(F)(F)S(=O)(=O)O.